The van der Waals surface area contributed by atoms with Crippen molar-refractivity contribution in [1.82, 2.24) is 5.32 Å². The highest BCUT2D eigenvalue weighted by molar-refractivity contribution is 5.89. The van der Waals surface area contributed by atoms with E-state index >= 15 is 0 Å². The summed E-state index contributed by atoms with van der Waals surface area (Å²) in [6.07, 6.45) is 8.35. The van der Waals surface area contributed by atoms with Gasteiger partial charge < -0.3 is 10.1 Å². The first-order valence-corrected chi connectivity index (χ1v) is 8.32. The quantitative estimate of drug-likeness (QED) is 0.331. The van der Waals surface area contributed by atoms with Crippen molar-refractivity contribution in [3.05, 3.63) is 39.9 Å². The Balaban J connectivity index is 0.00000288. The van der Waals surface area contributed by atoms with E-state index in [0.717, 1.165) is 19.4 Å². The van der Waals surface area contributed by atoms with E-state index in [-0.39, 0.29) is 18.1 Å². The van der Waals surface area contributed by atoms with Crippen molar-refractivity contribution in [3.8, 4) is 0 Å². The van der Waals surface area contributed by atoms with Crippen molar-refractivity contribution in [2.45, 2.75) is 51.0 Å². The van der Waals surface area contributed by atoms with Crippen molar-refractivity contribution in [1.29, 1.82) is 0 Å². The average molecular weight is 357 g/mol. The third kappa shape index (κ3) is 6.84. The lowest BCUT2D eigenvalue weighted by Gasteiger charge is -2.22. The standard InChI is InChI=1S/C17H24N2O4.ClH/c20-17(14-8-10-16(11-9-14)19(21)22)23-13-5-4-12-18-15-6-2-1-3-7-15;/h8-11,15,18H,1-7,12-13H2;1H. The molecule has 1 saturated carbocycles. The monoisotopic (exact) mass is 356 g/mol. The van der Waals surface area contributed by atoms with E-state index in [0.29, 0.717) is 18.2 Å². The van der Waals surface area contributed by atoms with Crippen LogP contribution in [0, 0.1) is 10.1 Å². The maximum atomic E-state index is 11.8. The minimum Gasteiger partial charge on any atom is -0.462 e. The van der Waals surface area contributed by atoms with Crippen molar-refractivity contribution in [2.75, 3.05) is 13.2 Å². The molecule has 1 aliphatic rings. The van der Waals surface area contributed by atoms with E-state index in [9.17, 15) is 14.9 Å². The molecule has 1 aromatic carbocycles. The molecule has 7 heteroatoms. The summed E-state index contributed by atoms with van der Waals surface area (Å²) in [7, 11) is 0. The zero-order valence-electron chi connectivity index (χ0n) is 13.7. The Morgan fingerprint density at radius 3 is 2.46 bits per heavy atom. The number of nitro groups is 1. The van der Waals surface area contributed by atoms with Gasteiger partial charge in [0, 0.05) is 18.2 Å². The van der Waals surface area contributed by atoms with Crippen LogP contribution in [0.1, 0.15) is 55.3 Å². The number of hydrogen-bond donors (Lipinski definition) is 1. The Morgan fingerprint density at radius 2 is 1.83 bits per heavy atom. The van der Waals surface area contributed by atoms with Gasteiger partial charge in [-0.3, -0.25) is 10.1 Å². The van der Waals surface area contributed by atoms with Gasteiger partial charge in [0.05, 0.1) is 17.1 Å². The third-order valence-electron chi connectivity index (χ3n) is 4.16. The van der Waals surface area contributed by atoms with Crippen LogP contribution in [0.5, 0.6) is 0 Å². The summed E-state index contributed by atoms with van der Waals surface area (Å²) in [5, 5.41) is 14.1. The molecule has 2 rings (SSSR count). The van der Waals surface area contributed by atoms with E-state index in [4.69, 9.17) is 4.74 Å². The van der Waals surface area contributed by atoms with E-state index < -0.39 is 10.9 Å². The normalized spacial score (nSPS) is 14.7. The maximum absolute atomic E-state index is 11.8. The van der Waals surface area contributed by atoms with E-state index in [1.54, 1.807) is 0 Å². The highest BCUT2D eigenvalue weighted by Crippen LogP contribution is 2.17. The smallest absolute Gasteiger partial charge is 0.338 e. The van der Waals surface area contributed by atoms with E-state index in [2.05, 4.69) is 5.32 Å². The highest BCUT2D eigenvalue weighted by Gasteiger charge is 2.12. The van der Waals surface area contributed by atoms with Crippen molar-refractivity contribution in [3.63, 3.8) is 0 Å². The van der Waals surface area contributed by atoms with Crippen molar-refractivity contribution in [2.24, 2.45) is 0 Å². The number of halogens is 1. The molecule has 0 amide bonds. The summed E-state index contributed by atoms with van der Waals surface area (Å²) in [5.41, 5.74) is 0.311. The van der Waals surface area contributed by atoms with Crippen LogP contribution in [0.15, 0.2) is 24.3 Å². The molecule has 0 heterocycles. The number of ether oxygens (including phenoxy) is 1. The molecule has 1 aromatic rings. The minimum atomic E-state index is -0.492. The number of rotatable bonds is 8. The van der Waals surface area contributed by atoms with Crippen LogP contribution in [0.3, 0.4) is 0 Å². The minimum absolute atomic E-state index is 0. The first kappa shape index (κ1) is 20.4. The van der Waals surface area contributed by atoms with Gasteiger partial charge >= 0.3 is 5.97 Å². The molecule has 0 bridgehead atoms. The van der Waals surface area contributed by atoms with Gasteiger partial charge in [-0.2, -0.15) is 0 Å². The first-order valence-electron chi connectivity index (χ1n) is 8.32. The number of carbonyl (C=O) groups is 1. The number of non-ortho nitro benzene ring substituents is 1. The number of hydrogen-bond acceptors (Lipinski definition) is 5. The van der Waals surface area contributed by atoms with Gasteiger partial charge in [-0.1, -0.05) is 19.3 Å². The molecule has 1 fully saturated rings. The molecule has 1 aliphatic carbocycles. The summed E-state index contributed by atoms with van der Waals surface area (Å²) in [5.74, 6) is -0.430. The van der Waals surface area contributed by atoms with Crippen LogP contribution in [-0.2, 0) is 4.74 Å². The molecule has 0 radical (unpaired) electrons. The molecule has 0 unspecified atom stereocenters. The van der Waals surface area contributed by atoms with Crippen molar-refractivity contribution >= 4 is 24.1 Å². The Bertz CT molecular complexity index is 516. The number of unbranched alkanes of at least 4 members (excludes halogenated alkanes) is 1. The van der Waals surface area contributed by atoms with Crippen LogP contribution in [0.4, 0.5) is 5.69 Å². The zero-order valence-corrected chi connectivity index (χ0v) is 14.6. The summed E-state index contributed by atoms with van der Waals surface area (Å²) >= 11 is 0. The molecular weight excluding hydrogens is 332 g/mol. The summed E-state index contributed by atoms with van der Waals surface area (Å²) in [6.45, 7) is 1.34. The maximum Gasteiger partial charge on any atom is 0.338 e. The van der Waals surface area contributed by atoms with Crippen molar-refractivity contribution < 1.29 is 14.5 Å². The SMILES string of the molecule is Cl.O=C(OCCCCNC1CCCCC1)c1ccc([N+](=O)[O-])cc1. The molecule has 0 atom stereocenters. The zero-order chi connectivity index (χ0) is 16.5. The molecule has 0 aromatic heterocycles. The molecule has 24 heavy (non-hydrogen) atoms. The van der Waals surface area contributed by atoms with E-state index in [1.165, 1.54) is 56.4 Å². The Hall–Kier alpha value is -1.66. The van der Waals surface area contributed by atoms with Crippen LogP contribution in [0.2, 0.25) is 0 Å². The summed E-state index contributed by atoms with van der Waals surface area (Å²) in [4.78, 5) is 21.9. The average Bonchev–Trinajstić information content (AvgIpc) is 2.58. The van der Waals surface area contributed by atoms with Gasteiger partial charge in [0.15, 0.2) is 0 Å². The number of nitrogens with zero attached hydrogens (tertiary/aromatic N) is 1. The predicted octanol–water partition coefficient (Wildman–Crippen LogP) is 3.88. The molecular formula is C17H25ClN2O4. The fourth-order valence-corrected chi connectivity index (χ4v) is 2.81. The first-order chi connectivity index (χ1) is 11.2. The predicted molar refractivity (Wildman–Crippen MR) is 94.7 cm³/mol. The number of nitro benzene ring substituents is 1. The number of carbonyl (C=O) groups excluding carboxylic acids is 1. The fourth-order valence-electron chi connectivity index (χ4n) is 2.81. The highest BCUT2D eigenvalue weighted by atomic mass is 35.5. The van der Waals surface area contributed by atoms with Gasteiger partial charge in [0.2, 0.25) is 0 Å². The van der Waals surface area contributed by atoms with Gasteiger partial charge in [-0.15, -0.1) is 12.4 Å². The van der Waals surface area contributed by atoms with E-state index in [1.807, 2.05) is 0 Å². The largest absolute Gasteiger partial charge is 0.462 e. The number of nitrogens with one attached hydrogen (secondary N) is 1. The molecule has 0 saturated heterocycles. The second kappa shape index (κ2) is 11.0. The fraction of sp³-hybridized carbons (Fsp3) is 0.588. The molecule has 0 spiro atoms. The molecule has 1 N–H and O–H groups in total. The molecule has 134 valence electrons. The number of benzene rings is 1. The van der Waals surface area contributed by atoms with Crippen LogP contribution in [0.25, 0.3) is 0 Å². The van der Waals surface area contributed by atoms with Gasteiger partial charge in [0.1, 0.15) is 0 Å². The van der Waals surface area contributed by atoms with Crippen LogP contribution < -0.4 is 5.32 Å². The lowest BCUT2D eigenvalue weighted by atomic mass is 9.95. The Morgan fingerprint density at radius 1 is 1.17 bits per heavy atom. The van der Waals surface area contributed by atoms with Gasteiger partial charge in [0.25, 0.3) is 5.69 Å². The second-order valence-corrected chi connectivity index (χ2v) is 5.94. The van der Waals surface area contributed by atoms with Gasteiger partial charge in [-0.05, 0) is 44.4 Å². The lowest BCUT2D eigenvalue weighted by Crippen LogP contribution is -2.31. The molecule has 6 nitrogen and oxygen atoms in total. The summed E-state index contributed by atoms with van der Waals surface area (Å²) in [6, 6.07) is 6.12. The topological polar surface area (TPSA) is 81.5 Å². The van der Waals surface area contributed by atoms with Gasteiger partial charge in [-0.25, -0.2) is 4.79 Å². The Kier molecular flexibility index (Phi) is 9.34. The van der Waals surface area contributed by atoms with Crippen LogP contribution >= 0.6 is 12.4 Å². The third-order valence-corrected chi connectivity index (χ3v) is 4.16. The lowest BCUT2D eigenvalue weighted by molar-refractivity contribution is -0.384. The van der Waals surface area contributed by atoms with Crippen LogP contribution in [-0.4, -0.2) is 30.1 Å². The molecule has 0 aliphatic heterocycles. The number of esters is 1. The summed E-state index contributed by atoms with van der Waals surface area (Å²) < 4.78 is 5.18. The Labute approximate surface area is 148 Å². The second-order valence-electron chi connectivity index (χ2n) is 5.94.